The lowest BCUT2D eigenvalue weighted by Gasteiger charge is -2.45. The van der Waals surface area contributed by atoms with Gasteiger partial charge in [-0.1, -0.05) is 25.5 Å². The highest BCUT2D eigenvalue weighted by Gasteiger charge is 2.73. The highest BCUT2D eigenvalue weighted by atomic mass is 16.3. The second-order valence-electron chi connectivity index (χ2n) is 7.66. The van der Waals surface area contributed by atoms with Gasteiger partial charge in [0.25, 0.3) is 0 Å². The third kappa shape index (κ3) is 1.14. The van der Waals surface area contributed by atoms with Gasteiger partial charge < -0.3 is 10.2 Å². The zero-order chi connectivity index (χ0) is 12.7. The highest BCUT2D eigenvalue weighted by Crippen LogP contribution is 2.72. The number of hydrogen-bond donors (Lipinski definition) is 2. The Balaban J connectivity index is 2.19. The smallest absolute Gasteiger partial charge is 0.0920 e. The molecule has 0 aromatic rings. The van der Waals surface area contributed by atoms with Crippen LogP contribution in [-0.2, 0) is 0 Å². The molecule has 0 bridgehead atoms. The molecule has 3 aliphatic rings. The van der Waals surface area contributed by atoms with Crippen LogP contribution in [0, 0.1) is 16.7 Å². The first-order chi connectivity index (χ1) is 7.64. The molecule has 4 atom stereocenters. The van der Waals surface area contributed by atoms with Crippen molar-refractivity contribution in [2.24, 2.45) is 16.7 Å². The summed E-state index contributed by atoms with van der Waals surface area (Å²) in [7, 11) is 0. The Hall–Kier alpha value is -0.340. The maximum Gasteiger partial charge on any atom is 0.0920 e. The highest BCUT2D eigenvalue weighted by molar-refractivity contribution is 5.38. The van der Waals surface area contributed by atoms with Gasteiger partial charge >= 0.3 is 0 Å². The molecular formula is C15H24O2. The summed E-state index contributed by atoms with van der Waals surface area (Å²) in [5.74, 6) is 0.361. The predicted octanol–water partition coefficient (Wildman–Crippen LogP) is 2.64. The molecule has 96 valence electrons. The van der Waals surface area contributed by atoms with Gasteiger partial charge in [-0.05, 0) is 50.9 Å². The van der Waals surface area contributed by atoms with Gasteiger partial charge in [0.15, 0.2) is 0 Å². The summed E-state index contributed by atoms with van der Waals surface area (Å²) >= 11 is 0. The van der Waals surface area contributed by atoms with Crippen molar-refractivity contribution in [1.29, 1.82) is 0 Å². The molecule has 0 heterocycles. The van der Waals surface area contributed by atoms with Crippen molar-refractivity contribution in [3.05, 3.63) is 11.6 Å². The van der Waals surface area contributed by atoms with E-state index in [9.17, 15) is 10.2 Å². The first kappa shape index (κ1) is 11.7. The van der Waals surface area contributed by atoms with Crippen LogP contribution in [0.15, 0.2) is 11.6 Å². The van der Waals surface area contributed by atoms with E-state index in [0.717, 1.165) is 19.3 Å². The number of rotatable bonds is 0. The normalized spacial score (nSPS) is 55.6. The van der Waals surface area contributed by atoms with E-state index < -0.39 is 11.2 Å². The van der Waals surface area contributed by atoms with Crippen molar-refractivity contribution in [3.63, 3.8) is 0 Å². The van der Waals surface area contributed by atoms with Crippen LogP contribution in [0.1, 0.15) is 53.4 Å². The quantitative estimate of drug-likeness (QED) is 0.635. The SMILES string of the molecule is CC1=CC2(O)CCC(C)(O)C23CC(C)(C)CC13. The minimum absolute atomic E-state index is 0.225. The van der Waals surface area contributed by atoms with Crippen molar-refractivity contribution < 1.29 is 10.2 Å². The van der Waals surface area contributed by atoms with E-state index in [1.54, 1.807) is 0 Å². The van der Waals surface area contributed by atoms with E-state index in [1.807, 2.05) is 13.0 Å². The lowest BCUT2D eigenvalue weighted by molar-refractivity contribution is -0.129. The maximum absolute atomic E-state index is 11.0. The molecule has 0 aromatic heterocycles. The van der Waals surface area contributed by atoms with Gasteiger partial charge in [0.1, 0.15) is 0 Å². The molecule has 2 fully saturated rings. The van der Waals surface area contributed by atoms with Crippen LogP contribution in [0.2, 0.25) is 0 Å². The number of aliphatic hydroxyl groups is 2. The third-order valence-electron chi connectivity index (χ3n) is 5.85. The molecule has 1 spiro atoms. The van der Waals surface area contributed by atoms with Crippen LogP contribution in [-0.4, -0.2) is 21.4 Å². The molecule has 0 radical (unpaired) electrons. The average molecular weight is 236 g/mol. The van der Waals surface area contributed by atoms with E-state index in [2.05, 4.69) is 20.8 Å². The molecule has 2 heteroatoms. The van der Waals surface area contributed by atoms with Crippen molar-refractivity contribution in [3.8, 4) is 0 Å². The first-order valence-electron chi connectivity index (χ1n) is 6.78. The lowest BCUT2D eigenvalue weighted by atomic mass is 9.63. The molecule has 0 aromatic carbocycles. The average Bonchev–Trinajstić information content (AvgIpc) is 2.64. The minimum atomic E-state index is -0.765. The molecular weight excluding hydrogens is 212 g/mol. The van der Waals surface area contributed by atoms with Gasteiger partial charge in [-0.3, -0.25) is 0 Å². The lowest BCUT2D eigenvalue weighted by Crippen LogP contribution is -2.53. The molecule has 0 saturated heterocycles. The summed E-state index contributed by atoms with van der Waals surface area (Å²) in [6.45, 7) is 8.59. The number of allylic oxidation sites excluding steroid dienone is 1. The van der Waals surface area contributed by atoms with Gasteiger partial charge in [-0.15, -0.1) is 0 Å². The van der Waals surface area contributed by atoms with Crippen LogP contribution >= 0.6 is 0 Å². The van der Waals surface area contributed by atoms with Gasteiger partial charge in [0, 0.05) is 5.41 Å². The predicted molar refractivity (Wildman–Crippen MR) is 67.5 cm³/mol. The largest absolute Gasteiger partial charge is 0.389 e. The Bertz CT molecular complexity index is 407. The summed E-state index contributed by atoms with van der Waals surface area (Å²) in [6.07, 6.45) is 5.51. The topological polar surface area (TPSA) is 40.5 Å². The minimum Gasteiger partial charge on any atom is -0.389 e. The van der Waals surface area contributed by atoms with Gasteiger partial charge in [-0.25, -0.2) is 0 Å². The molecule has 0 aliphatic heterocycles. The Kier molecular flexibility index (Phi) is 1.93. The molecule has 2 nitrogen and oxygen atoms in total. The Morgan fingerprint density at radius 1 is 1.18 bits per heavy atom. The zero-order valence-corrected chi connectivity index (χ0v) is 11.4. The summed E-state index contributed by atoms with van der Waals surface area (Å²) in [5.41, 5.74) is -0.304. The fourth-order valence-electron chi connectivity index (χ4n) is 5.27. The standard InChI is InChI=1S/C15H24O2/c1-10-7-14(17)6-5-13(4,16)15(14)9-12(2,3)8-11(10)15/h7,11,16-17H,5-6,8-9H2,1-4H3. The second-order valence-corrected chi connectivity index (χ2v) is 7.66. The Morgan fingerprint density at radius 3 is 2.47 bits per heavy atom. The van der Waals surface area contributed by atoms with Gasteiger partial charge in [0.05, 0.1) is 11.2 Å². The fraction of sp³-hybridized carbons (Fsp3) is 0.867. The van der Waals surface area contributed by atoms with Crippen LogP contribution in [0.5, 0.6) is 0 Å². The third-order valence-corrected chi connectivity index (χ3v) is 5.85. The van der Waals surface area contributed by atoms with E-state index >= 15 is 0 Å². The molecule has 17 heavy (non-hydrogen) atoms. The molecule has 4 unspecified atom stereocenters. The van der Waals surface area contributed by atoms with Crippen molar-refractivity contribution in [2.45, 2.75) is 64.6 Å². The van der Waals surface area contributed by atoms with E-state index in [1.165, 1.54) is 5.57 Å². The molecule has 0 amide bonds. The van der Waals surface area contributed by atoms with Gasteiger partial charge in [0.2, 0.25) is 0 Å². The Morgan fingerprint density at radius 2 is 1.82 bits per heavy atom. The van der Waals surface area contributed by atoms with Crippen molar-refractivity contribution in [2.75, 3.05) is 0 Å². The van der Waals surface area contributed by atoms with Crippen molar-refractivity contribution >= 4 is 0 Å². The second kappa shape index (κ2) is 2.80. The van der Waals surface area contributed by atoms with Crippen LogP contribution in [0.3, 0.4) is 0 Å². The van der Waals surface area contributed by atoms with Crippen molar-refractivity contribution in [1.82, 2.24) is 0 Å². The Labute approximate surface area is 104 Å². The zero-order valence-electron chi connectivity index (χ0n) is 11.4. The summed E-state index contributed by atoms with van der Waals surface area (Å²) in [5, 5.41) is 21.8. The van der Waals surface area contributed by atoms with Crippen LogP contribution < -0.4 is 0 Å². The molecule has 2 N–H and O–H groups in total. The maximum atomic E-state index is 11.0. The summed E-state index contributed by atoms with van der Waals surface area (Å²) < 4.78 is 0. The van der Waals surface area contributed by atoms with E-state index in [4.69, 9.17) is 0 Å². The summed E-state index contributed by atoms with van der Waals surface area (Å²) in [4.78, 5) is 0. The van der Waals surface area contributed by atoms with Crippen LogP contribution in [0.4, 0.5) is 0 Å². The molecule has 2 saturated carbocycles. The summed E-state index contributed by atoms with van der Waals surface area (Å²) in [6, 6.07) is 0. The van der Waals surface area contributed by atoms with Crippen LogP contribution in [0.25, 0.3) is 0 Å². The molecule has 3 aliphatic carbocycles. The molecule has 3 rings (SSSR count). The fourth-order valence-corrected chi connectivity index (χ4v) is 5.27. The van der Waals surface area contributed by atoms with Gasteiger partial charge in [-0.2, -0.15) is 0 Å². The monoisotopic (exact) mass is 236 g/mol. The van der Waals surface area contributed by atoms with E-state index in [0.29, 0.717) is 12.3 Å². The first-order valence-corrected chi connectivity index (χ1v) is 6.78. The number of hydrogen-bond acceptors (Lipinski definition) is 2. The van der Waals surface area contributed by atoms with E-state index in [-0.39, 0.29) is 10.8 Å².